The van der Waals surface area contributed by atoms with E-state index in [4.69, 9.17) is 0 Å². The van der Waals surface area contributed by atoms with Gasteiger partial charge in [0.25, 0.3) is 10.0 Å². The van der Waals surface area contributed by atoms with Gasteiger partial charge in [-0.15, -0.1) is 0 Å². The van der Waals surface area contributed by atoms with Crippen molar-refractivity contribution in [2.24, 2.45) is 0 Å². The molecule has 0 aliphatic rings. The van der Waals surface area contributed by atoms with Crippen molar-refractivity contribution in [3.63, 3.8) is 0 Å². The lowest BCUT2D eigenvalue weighted by molar-refractivity contribution is -0.114. The topological polar surface area (TPSA) is 92.8 Å². The first-order valence-corrected chi connectivity index (χ1v) is 8.74. The Morgan fingerprint density at radius 1 is 1.00 bits per heavy atom. The molecule has 0 unspecified atom stereocenters. The van der Waals surface area contributed by atoms with Crippen molar-refractivity contribution in [2.75, 3.05) is 23.8 Å². The van der Waals surface area contributed by atoms with Gasteiger partial charge in [-0.1, -0.05) is 0 Å². The van der Waals surface area contributed by atoms with Gasteiger partial charge < -0.3 is 10.1 Å². The van der Waals surface area contributed by atoms with Crippen LogP contribution in [0.1, 0.15) is 17.3 Å². The number of methoxy groups -OCH3 is 1. The Kier molecular flexibility index (Phi) is 5.43. The number of ether oxygens (including phenoxy) is 1. The molecule has 0 atom stereocenters. The number of nitrogens with one attached hydrogen (secondary N) is 1. The molecule has 1 N–H and O–H groups in total. The molecule has 7 nitrogen and oxygen atoms in total. The van der Waals surface area contributed by atoms with Gasteiger partial charge >= 0.3 is 5.97 Å². The van der Waals surface area contributed by atoms with E-state index < -0.39 is 16.0 Å². The van der Waals surface area contributed by atoms with Gasteiger partial charge in [0.15, 0.2) is 0 Å². The molecule has 0 saturated carbocycles. The summed E-state index contributed by atoms with van der Waals surface area (Å²) in [5.74, 6) is -0.732. The van der Waals surface area contributed by atoms with Crippen LogP contribution in [0.25, 0.3) is 0 Å². The zero-order valence-corrected chi connectivity index (χ0v) is 14.8. The molecular formula is C17H18N2O5S. The zero-order chi connectivity index (χ0) is 18.6. The molecule has 132 valence electrons. The number of anilines is 2. The van der Waals surface area contributed by atoms with E-state index in [1.165, 1.54) is 69.6 Å². The van der Waals surface area contributed by atoms with Gasteiger partial charge in [-0.25, -0.2) is 13.2 Å². The maximum absolute atomic E-state index is 12.7. The third-order valence-electron chi connectivity index (χ3n) is 3.49. The summed E-state index contributed by atoms with van der Waals surface area (Å²) < 4.78 is 31.1. The van der Waals surface area contributed by atoms with Crippen LogP contribution in [-0.4, -0.2) is 34.5 Å². The van der Waals surface area contributed by atoms with Crippen molar-refractivity contribution in [1.29, 1.82) is 0 Å². The smallest absolute Gasteiger partial charge is 0.337 e. The van der Waals surface area contributed by atoms with Crippen molar-refractivity contribution < 1.29 is 22.7 Å². The molecule has 8 heteroatoms. The van der Waals surface area contributed by atoms with Gasteiger partial charge in [0.05, 0.1) is 23.3 Å². The van der Waals surface area contributed by atoms with Crippen molar-refractivity contribution in [1.82, 2.24) is 0 Å². The molecule has 2 rings (SSSR count). The van der Waals surface area contributed by atoms with E-state index in [9.17, 15) is 18.0 Å². The predicted octanol–water partition coefficient (Wildman–Crippen LogP) is 2.26. The Morgan fingerprint density at radius 2 is 1.56 bits per heavy atom. The average molecular weight is 362 g/mol. The van der Waals surface area contributed by atoms with Crippen molar-refractivity contribution >= 4 is 33.3 Å². The number of benzene rings is 2. The monoisotopic (exact) mass is 362 g/mol. The molecule has 25 heavy (non-hydrogen) atoms. The van der Waals surface area contributed by atoms with Crippen LogP contribution in [-0.2, 0) is 19.6 Å². The minimum absolute atomic E-state index is 0.0844. The Labute approximate surface area is 146 Å². The van der Waals surface area contributed by atoms with Gasteiger partial charge in [0.2, 0.25) is 5.91 Å². The minimum atomic E-state index is -3.77. The fourth-order valence-electron chi connectivity index (χ4n) is 2.14. The van der Waals surface area contributed by atoms with Crippen molar-refractivity contribution in [3.05, 3.63) is 54.1 Å². The SMILES string of the molecule is COC(=O)c1ccc(N(C)S(=O)(=O)c2ccc(NC(C)=O)cc2)cc1. The molecule has 0 bridgehead atoms. The maximum Gasteiger partial charge on any atom is 0.337 e. The van der Waals surface area contributed by atoms with E-state index in [0.717, 1.165) is 4.31 Å². The summed E-state index contributed by atoms with van der Waals surface area (Å²) >= 11 is 0. The number of carbonyl (C=O) groups is 2. The molecule has 0 aliphatic carbocycles. The fourth-order valence-corrected chi connectivity index (χ4v) is 3.33. The predicted molar refractivity (Wildman–Crippen MR) is 94.1 cm³/mol. The second-order valence-electron chi connectivity index (χ2n) is 5.22. The first kappa shape index (κ1) is 18.5. The van der Waals surface area contributed by atoms with Gasteiger partial charge in [-0.05, 0) is 48.5 Å². The van der Waals surface area contributed by atoms with Gasteiger partial charge in [-0.2, -0.15) is 0 Å². The first-order chi connectivity index (χ1) is 11.8. The lowest BCUT2D eigenvalue weighted by Crippen LogP contribution is -2.26. The van der Waals surface area contributed by atoms with Gasteiger partial charge in [0, 0.05) is 19.7 Å². The highest BCUT2D eigenvalue weighted by Crippen LogP contribution is 2.23. The normalized spacial score (nSPS) is 10.8. The lowest BCUT2D eigenvalue weighted by atomic mass is 10.2. The van der Waals surface area contributed by atoms with Crippen LogP contribution in [0.3, 0.4) is 0 Å². The van der Waals surface area contributed by atoms with Gasteiger partial charge in [-0.3, -0.25) is 9.10 Å². The highest BCUT2D eigenvalue weighted by atomic mass is 32.2. The Morgan fingerprint density at radius 3 is 2.04 bits per heavy atom. The van der Waals surface area contributed by atoms with Crippen LogP contribution in [0.4, 0.5) is 11.4 Å². The quantitative estimate of drug-likeness (QED) is 0.824. The molecule has 0 aromatic heterocycles. The highest BCUT2D eigenvalue weighted by Gasteiger charge is 2.21. The number of sulfonamides is 1. The summed E-state index contributed by atoms with van der Waals surface area (Å²) in [4.78, 5) is 22.5. The molecule has 1 amide bonds. The van der Waals surface area contributed by atoms with Crippen LogP contribution < -0.4 is 9.62 Å². The zero-order valence-electron chi connectivity index (χ0n) is 14.0. The third kappa shape index (κ3) is 4.16. The standard InChI is InChI=1S/C17H18N2O5S/c1-12(20)18-14-6-10-16(11-7-14)25(22,23)19(2)15-8-4-13(5-9-15)17(21)24-3/h4-11H,1-3H3,(H,18,20). The van der Waals surface area contributed by atoms with E-state index in [-0.39, 0.29) is 10.8 Å². The summed E-state index contributed by atoms with van der Waals surface area (Å²) in [7, 11) is -1.08. The summed E-state index contributed by atoms with van der Waals surface area (Å²) in [6, 6.07) is 11.9. The number of rotatable bonds is 5. The van der Waals surface area contributed by atoms with Crippen LogP contribution in [0.2, 0.25) is 0 Å². The Hall–Kier alpha value is -2.87. The molecular weight excluding hydrogens is 344 g/mol. The highest BCUT2D eigenvalue weighted by molar-refractivity contribution is 7.92. The van der Waals surface area contributed by atoms with E-state index >= 15 is 0 Å². The van der Waals surface area contributed by atoms with Gasteiger partial charge in [0.1, 0.15) is 0 Å². The van der Waals surface area contributed by atoms with E-state index in [1.807, 2.05) is 0 Å². The Bertz CT molecular complexity index is 874. The number of esters is 1. The van der Waals surface area contributed by atoms with Crippen molar-refractivity contribution in [2.45, 2.75) is 11.8 Å². The lowest BCUT2D eigenvalue weighted by Gasteiger charge is -2.20. The van der Waals surface area contributed by atoms with Crippen molar-refractivity contribution in [3.8, 4) is 0 Å². The van der Waals surface area contributed by atoms with Crippen LogP contribution in [0.15, 0.2) is 53.4 Å². The number of hydrogen-bond donors (Lipinski definition) is 1. The number of amides is 1. The maximum atomic E-state index is 12.7. The van der Waals surface area contributed by atoms with E-state index in [0.29, 0.717) is 16.9 Å². The third-order valence-corrected chi connectivity index (χ3v) is 5.28. The first-order valence-electron chi connectivity index (χ1n) is 7.30. The molecule has 0 spiro atoms. The minimum Gasteiger partial charge on any atom is -0.465 e. The molecule has 0 fully saturated rings. The number of hydrogen-bond acceptors (Lipinski definition) is 5. The molecule has 0 heterocycles. The molecule has 0 radical (unpaired) electrons. The largest absolute Gasteiger partial charge is 0.465 e. The second-order valence-corrected chi connectivity index (χ2v) is 7.19. The summed E-state index contributed by atoms with van der Waals surface area (Å²) in [6.45, 7) is 1.37. The van der Waals surface area contributed by atoms with E-state index in [2.05, 4.69) is 10.1 Å². The molecule has 0 aliphatic heterocycles. The molecule has 2 aromatic rings. The second kappa shape index (κ2) is 7.35. The van der Waals surface area contributed by atoms with E-state index in [1.54, 1.807) is 0 Å². The number of nitrogens with zero attached hydrogens (tertiary/aromatic N) is 1. The average Bonchev–Trinajstić information content (AvgIpc) is 2.60. The Balaban J connectivity index is 2.26. The summed E-state index contributed by atoms with van der Waals surface area (Å²) in [5.41, 5.74) is 1.24. The van der Waals surface area contributed by atoms with Crippen LogP contribution in [0.5, 0.6) is 0 Å². The van der Waals surface area contributed by atoms with Crippen LogP contribution >= 0.6 is 0 Å². The van der Waals surface area contributed by atoms with Crippen LogP contribution in [0, 0.1) is 0 Å². The number of carbonyl (C=O) groups excluding carboxylic acids is 2. The fraction of sp³-hybridized carbons (Fsp3) is 0.176. The summed E-state index contributed by atoms with van der Waals surface area (Å²) in [6.07, 6.45) is 0. The molecule has 2 aromatic carbocycles. The summed E-state index contributed by atoms with van der Waals surface area (Å²) in [5, 5.41) is 2.58. The molecule has 0 saturated heterocycles.